The third-order valence-corrected chi connectivity index (χ3v) is 2.78. The molecule has 0 aromatic carbocycles. The number of hydrogen-bond acceptors (Lipinski definition) is 6. The van der Waals surface area contributed by atoms with Gasteiger partial charge in [0.1, 0.15) is 30.6 Å². The van der Waals surface area contributed by atoms with E-state index in [0.29, 0.717) is 5.65 Å². The fourth-order valence-electron chi connectivity index (χ4n) is 1.72. The summed E-state index contributed by atoms with van der Waals surface area (Å²) in [6, 6.07) is 0. The SMILES string of the molecule is C[C@@H](O)C(CO)OCn1cc(F)c2c(N)ncnc21. The highest BCUT2D eigenvalue weighted by molar-refractivity contribution is 5.86. The lowest BCUT2D eigenvalue weighted by atomic mass is 10.2. The van der Waals surface area contributed by atoms with Crippen LogP contribution in [0.5, 0.6) is 0 Å². The van der Waals surface area contributed by atoms with E-state index < -0.39 is 18.0 Å². The molecule has 4 N–H and O–H groups in total. The predicted octanol–water partition coefficient (Wildman–Crippen LogP) is -0.132. The van der Waals surface area contributed by atoms with Crippen molar-refractivity contribution in [3.05, 3.63) is 18.3 Å². The molecule has 0 saturated heterocycles. The maximum Gasteiger partial charge on any atom is 0.154 e. The molecule has 0 aliphatic heterocycles. The van der Waals surface area contributed by atoms with Crippen LogP contribution in [0.2, 0.25) is 0 Å². The van der Waals surface area contributed by atoms with Gasteiger partial charge in [-0.25, -0.2) is 14.4 Å². The molecule has 0 saturated carbocycles. The maximum atomic E-state index is 13.7. The smallest absolute Gasteiger partial charge is 0.154 e. The maximum absolute atomic E-state index is 13.7. The summed E-state index contributed by atoms with van der Waals surface area (Å²) in [5.74, 6) is -0.496. The highest BCUT2D eigenvalue weighted by Crippen LogP contribution is 2.22. The molecule has 2 aromatic heterocycles. The molecule has 2 rings (SSSR count). The first-order valence-electron chi connectivity index (χ1n) is 5.70. The van der Waals surface area contributed by atoms with Gasteiger partial charge in [0.05, 0.1) is 18.1 Å². The zero-order valence-electron chi connectivity index (χ0n) is 10.3. The van der Waals surface area contributed by atoms with Crippen LogP contribution in [0.3, 0.4) is 0 Å². The molecular formula is C11H15FN4O3. The molecule has 0 radical (unpaired) electrons. The zero-order valence-corrected chi connectivity index (χ0v) is 10.3. The van der Waals surface area contributed by atoms with Crippen molar-refractivity contribution in [3.63, 3.8) is 0 Å². The number of fused-ring (bicyclic) bond motifs is 1. The largest absolute Gasteiger partial charge is 0.394 e. The standard InChI is InChI=1S/C11H15FN4O3/c1-6(18)8(3-17)19-5-16-2-7(12)9-10(13)14-4-15-11(9)16/h2,4,6,8,17-18H,3,5H2,1H3,(H2,13,14,15)/t6-,8?/m1/s1. The molecule has 104 valence electrons. The lowest BCUT2D eigenvalue weighted by Gasteiger charge is -2.18. The fourth-order valence-corrected chi connectivity index (χ4v) is 1.72. The number of nitrogens with two attached hydrogens (primary N) is 1. The lowest BCUT2D eigenvalue weighted by Crippen LogP contribution is -2.30. The predicted molar refractivity (Wildman–Crippen MR) is 65.5 cm³/mol. The summed E-state index contributed by atoms with van der Waals surface area (Å²) in [7, 11) is 0. The van der Waals surface area contributed by atoms with Gasteiger partial charge in [0.2, 0.25) is 0 Å². The molecule has 2 heterocycles. The summed E-state index contributed by atoms with van der Waals surface area (Å²) in [5.41, 5.74) is 5.87. The Bertz CT molecular complexity index is 572. The summed E-state index contributed by atoms with van der Waals surface area (Å²) in [6.07, 6.45) is 0.828. The summed E-state index contributed by atoms with van der Waals surface area (Å²) in [6.45, 7) is 1.10. The number of aliphatic hydroxyl groups excluding tert-OH is 2. The summed E-state index contributed by atoms with van der Waals surface area (Å²) in [5, 5.41) is 18.5. The van der Waals surface area contributed by atoms with Crippen LogP contribution in [-0.2, 0) is 11.5 Å². The van der Waals surface area contributed by atoms with E-state index in [-0.39, 0.29) is 24.5 Å². The van der Waals surface area contributed by atoms with Crippen molar-refractivity contribution < 1.29 is 19.3 Å². The van der Waals surface area contributed by atoms with Crippen molar-refractivity contribution in [2.45, 2.75) is 25.9 Å². The van der Waals surface area contributed by atoms with Crippen LogP contribution in [0.1, 0.15) is 6.92 Å². The first kappa shape index (κ1) is 13.7. The molecule has 0 spiro atoms. The average Bonchev–Trinajstić information content (AvgIpc) is 2.68. The van der Waals surface area contributed by atoms with Gasteiger partial charge in [-0.1, -0.05) is 0 Å². The lowest BCUT2D eigenvalue weighted by molar-refractivity contribution is -0.0804. The van der Waals surface area contributed by atoms with Gasteiger partial charge < -0.3 is 25.3 Å². The van der Waals surface area contributed by atoms with E-state index in [2.05, 4.69) is 9.97 Å². The van der Waals surface area contributed by atoms with E-state index in [1.54, 1.807) is 0 Å². The summed E-state index contributed by atoms with van der Waals surface area (Å²) >= 11 is 0. The number of aromatic nitrogens is 3. The second-order valence-electron chi connectivity index (χ2n) is 4.16. The van der Waals surface area contributed by atoms with E-state index in [1.807, 2.05) is 0 Å². The van der Waals surface area contributed by atoms with Crippen LogP contribution in [-0.4, -0.2) is 43.6 Å². The van der Waals surface area contributed by atoms with Gasteiger partial charge in [0.15, 0.2) is 5.82 Å². The van der Waals surface area contributed by atoms with Crippen LogP contribution in [0.4, 0.5) is 10.2 Å². The van der Waals surface area contributed by atoms with Crippen LogP contribution in [0.25, 0.3) is 11.0 Å². The van der Waals surface area contributed by atoms with Gasteiger partial charge in [0.25, 0.3) is 0 Å². The number of halogens is 1. The van der Waals surface area contributed by atoms with Crippen LogP contribution >= 0.6 is 0 Å². The van der Waals surface area contributed by atoms with Gasteiger partial charge >= 0.3 is 0 Å². The minimum atomic E-state index is -0.837. The Hall–Kier alpha value is -1.77. The van der Waals surface area contributed by atoms with Gasteiger partial charge in [-0.15, -0.1) is 0 Å². The van der Waals surface area contributed by atoms with Gasteiger partial charge in [-0.2, -0.15) is 0 Å². The highest BCUT2D eigenvalue weighted by atomic mass is 19.1. The Morgan fingerprint density at radius 3 is 2.89 bits per heavy atom. The molecule has 8 heteroatoms. The van der Waals surface area contributed by atoms with Gasteiger partial charge in [-0.05, 0) is 6.92 Å². The molecule has 0 bridgehead atoms. The van der Waals surface area contributed by atoms with E-state index in [4.69, 9.17) is 15.6 Å². The van der Waals surface area contributed by atoms with Crippen LogP contribution < -0.4 is 5.73 Å². The number of rotatable bonds is 5. The van der Waals surface area contributed by atoms with E-state index >= 15 is 0 Å². The van der Waals surface area contributed by atoms with Crippen molar-refractivity contribution in [2.24, 2.45) is 0 Å². The molecule has 0 amide bonds. The molecule has 0 fully saturated rings. The minimum absolute atomic E-state index is 0.0514. The molecule has 0 aliphatic rings. The Morgan fingerprint density at radius 1 is 1.53 bits per heavy atom. The molecule has 7 nitrogen and oxygen atoms in total. The average molecular weight is 270 g/mol. The van der Waals surface area contributed by atoms with E-state index in [0.717, 1.165) is 0 Å². The second kappa shape index (κ2) is 5.47. The van der Waals surface area contributed by atoms with Crippen LogP contribution in [0, 0.1) is 5.82 Å². The van der Waals surface area contributed by atoms with Crippen molar-refractivity contribution in [1.82, 2.24) is 14.5 Å². The molecule has 0 aliphatic carbocycles. The number of anilines is 1. The highest BCUT2D eigenvalue weighted by Gasteiger charge is 2.17. The fraction of sp³-hybridized carbons (Fsp3) is 0.455. The monoisotopic (exact) mass is 270 g/mol. The minimum Gasteiger partial charge on any atom is -0.394 e. The first-order chi connectivity index (χ1) is 9.04. The van der Waals surface area contributed by atoms with Crippen LogP contribution in [0.15, 0.2) is 12.5 Å². The van der Waals surface area contributed by atoms with E-state index in [9.17, 15) is 9.50 Å². The number of aliphatic hydroxyl groups is 2. The number of ether oxygens (including phenoxy) is 1. The topological polar surface area (TPSA) is 106 Å². The Labute approximate surface area is 108 Å². The van der Waals surface area contributed by atoms with Crippen molar-refractivity contribution in [3.8, 4) is 0 Å². The van der Waals surface area contributed by atoms with Gasteiger partial charge in [-0.3, -0.25) is 0 Å². The number of nitrogens with zero attached hydrogens (tertiary/aromatic N) is 3. The molecular weight excluding hydrogens is 255 g/mol. The molecule has 2 atom stereocenters. The second-order valence-corrected chi connectivity index (χ2v) is 4.16. The normalized spacial score (nSPS) is 14.7. The Kier molecular flexibility index (Phi) is 3.93. The third-order valence-electron chi connectivity index (χ3n) is 2.78. The van der Waals surface area contributed by atoms with Gasteiger partial charge in [0, 0.05) is 6.20 Å². The van der Waals surface area contributed by atoms with Crippen molar-refractivity contribution in [1.29, 1.82) is 0 Å². The molecule has 2 aromatic rings. The number of nitrogen functional groups attached to an aromatic ring is 1. The molecule has 1 unspecified atom stereocenters. The third kappa shape index (κ3) is 2.65. The zero-order chi connectivity index (χ0) is 14.0. The summed E-state index contributed by atoms with van der Waals surface area (Å²) in [4.78, 5) is 7.65. The first-order valence-corrected chi connectivity index (χ1v) is 5.70. The molecule has 19 heavy (non-hydrogen) atoms. The van der Waals surface area contributed by atoms with Crippen molar-refractivity contribution >= 4 is 16.9 Å². The Balaban J connectivity index is 2.24. The Morgan fingerprint density at radius 2 is 2.26 bits per heavy atom. The summed E-state index contributed by atoms with van der Waals surface area (Å²) < 4.78 is 20.4. The number of hydrogen-bond donors (Lipinski definition) is 3. The quantitative estimate of drug-likeness (QED) is 0.698. The van der Waals surface area contributed by atoms with Crippen molar-refractivity contribution in [2.75, 3.05) is 12.3 Å². The van der Waals surface area contributed by atoms with E-state index in [1.165, 1.54) is 24.0 Å².